The van der Waals surface area contributed by atoms with E-state index in [1.807, 2.05) is 17.8 Å². The zero-order chi connectivity index (χ0) is 15.2. The highest BCUT2D eigenvalue weighted by molar-refractivity contribution is 5.75. The Balaban J connectivity index is 1.76. The molecule has 1 heterocycles. The van der Waals surface area contributed by atoms with Crippen LogP contribution in [0.4, 0.5) is 5.69 Å². The topological polar surface area (TPSA) is 73.4 Å². The summed E-state index contributed by atoms with van der Waals surface area (Å²) in [5.41, 5.74) is 6.28. The molecule has 0 spiro atoms. The van der Waals surface area contributed by atoms with E-state index < -0.39 is 0 Å². The zero-order valence-corrected chi connectivity index (χ0v) is 12.3. The third-order valence-corrected chi connectivity index (χ3v) is 3.19. The van der Waals surface area contributed by atoms with E-state index in [-0.39, 0.29) is 5.91 Å². The zero-order valence-electron chi connectivity index (χ0n) is 12.3. The van der Waals surface area contributed by atoms with Crippen LogP contribution in [-0.2, 0) is 18.4 Å². The van der Waals surface area contributed by atoms with E-state index in [0.29, 0.717) is 31.0 Å². The highest BCUT2D eigenvalue weighted by Crippen LogP contribution is 2.13. The molecule has 2 rings (SSSR count). The Morgan fingerprint density at radius 3 is 2.71 bits per heavy atom. The summed E-state index contributed by atoms with van der Waals surface area (Å²) in [6.45, 7) is 0.831. The van der Waals surface area contributed by atoms with E-state index in [1.54, 1.807) is 42.4 Å². The van der Waals surface area contributed by atoms with Crippen LogP contribution in [0.2, 0.25) is 0 Å². The second kappa shape index (κ2) is 6.78. The van der Waals surface area contributed by atoms with Crippen molar-refractivity contribution < 1.29 is 9.53 Å². The van der Waals surface area contributed by atoms with Crippen molar-refractivity contribution in [2.24, 2.45) is 7.05 Å². The number of carbonyl (C=O) groups is 1. The third kappa shape index (κ3) is 4.24. The van der Waals surface area contributed by atoms with Gasteiger partial charge in [0.15, 0.2) is 0 Å². The fraction of sp³-hybridized carbons (Fsp3) is 0.333. The van der Waals surface area contributed by atoms with Gasteiger partial charge in [0.25, 0.3) is 0 Å². The largest absolute Gasteiger partial charge is 0.493 e. The summed E-state index contributed by atoms with van der Waals surface area (Å²) in [5.74, 6) is 1.59. The minimum atomic E-state index is 0.0217. The normalized spacial score (nSPS) is 10.4. The summed E-state index contributed by atoms with van der Waals surface area (Å²) < 4.78 is 7.41. The minimum absolute atomic E-state index is 0.0217. The molecule has 0 radical (unpaired) electrons. The van der Waals surface area contributed by atoms with Crippen LogP contribution < -0.4 is 10.5 Å². The maximum absolute atomic E-state index is 12.0. The number of aromatic nitrogens is 2. The number of hydrogen-bond donors (Lipinski definition) is 1. The summed E-state index contributed by atoms with van der Waals surface area (Å²) in [6.07, 6.45) is 3.90. The molecule has 1 amide bonds. The summed E-state index contributed by atoms with van der Waals surface area (Å²) in [6, 6.07) is 7.11. The number of nitrogen functional groups attached to an aromatic ring is 1. The number of aryl methyl sites for hydroxylation is 1. The van der Waals surface area contributed by atoms with E-state index in [2.05, 4.69) is 4.98 Å². The maximum atomic E-state index is 12.0. The number of nitrogens with zero attached hydrogens (tertiary/aromatic N) is 3. The summed E-state index contributed by atoms with van der Waals surface area (Å²) in [7, 11) is 3.67. The first kappa shape index (κ1) is 14.9. The predicted molar refractivity (Wildman–Crippen MR) is 80.6 cm³/mol. The molecular formula is C15H20N4O2. The van der Waals surface area contributed by atoms with Crippen molar-refractivity contribution in [1.29, 1.82) is 0 Å². The van der Waals surface area contributed by atoms with Crippen LogP contribution in [0.1, 0.15) is 12.2 Å². The number of amides is 1. The molecule has 2 N–H and O–H groups in total. The van der Waals surface area contributed by atoms with Gasteiger partial charge in [-0.25, -0.2) is 4.98 Å². The lowest BCUT2D eigenvalue weighted by atomic mass is 10.3. The Kier molecular flexibility index (Phi) is 4.81. The second-order valence-electron chi connectivity index (χ2n) is 4.87. The van der Waals surface area contributed by atoms with Gasteiger partial charge in [-0.05, 0) is 24.3 Å². The van der Waals surface area contributed by atoms with Gasteiger partial charge in [-0.2, -0.15) is 0 Å². The fourth-order valence-electron chi connectivity index (χ4n) is 1.86. The average Bonchev–Trinajstić information content (AvgIpc) is 2.86. The molecule has 0 aliphatic carbocycles. The van der Waals surface area contributed by atoms with Gasteiger partial charge in [0, 0.05) is 32.2 Å². The quantitative estimate of drug-likeness (QED) is 0.816. The molecule has 0 unspecified atom stereocenters. The number of imidazole rings is 1. The van der Waals surface area contributed by atoms with Gasteiger partial charge in [-0.1, -0.05) is 0 Å². The van der Waals surface area contributed by atoms with Crippen molar-refractivity contribution in [3.05, 3.63) is 42.5 Å². The highest BCUT2D eigenvalue weighted by atomic mass is 16.5. The molecule has 6 heteroatoms. The fourth-order valence-corrected chi connectivity index (χ4v) is 1.86. The van der Waals surface area contributed by atoms with Crippen LogP contribution in [-0.4, -0.2) is 34.0 Å². The lowest BCUT2D eigenvalue weighted by Gasteiger charge is -2.17. The molecule has 1 aromatic carbocycles. The van der Waals surface area contributed by atoms with Crippen LogP contribution in [0.15, 0.2) is 36.7 Å². The molecule has 112 valence electrons. The van der Waals surface area contributed by atoms with E-state index in [4.69, 9.17) is 10.5 Å². The minimum Gasteiger partial charge on any atom is -0.493 e. The average molecular weight is 288 g/mol. The van der Waals surface area contributed by atoms with E-state index >= 15 is 0 Å². The number of hydrogen-bond acceptors (Lipinski definition) is 4. The Hall–Kier alpha value is -2.50. The predicted octanol–water partition coefficient (Wildman–Crippen LogP) is 1.43. The first-order valence-electron chi connectivity index (χ1n) is 6.75. The molecule has 0 saturated carbocycles. The standard InChI is InChI=1S/C15H20N4O2/c1-18-9-8-17-14(18)11-19(2)15(20)7-10-21-13-5-3-12(16)4-6-13/h3-6,8-9H,7,10-11,16H2,1-2H3. The van der Waals surface area contributed by atoms with Crippen molar-refractivity contribution in [2.45, 2.75) is 13.0 Å². The summed E-state index contributed by atoms with van der Waals surface area (Å²) in [5, 5.41) is 0. The van der Waals surface area contributed by atoms with Gasteiger partial charge in [0.1, 0.15) is 11.6 Å². The van der Waals surface area contributed by atoms with Gasteiger partial charge >= 0.3 is 0 Å². The van der Waals surface area contributed by atoms with Crippen molar-refractivity contribution in [1.82, 2.24) is 14.5 Å². The Bertz CT molecular complexity index is 592. The monoisotopic (exact) mass is 288 g/mol. The van der Waals surface area contributed by atoms with Crippen molar-refractivity contribution >= 4 is 11.6 Å². The number of rotatable bonds is 6. The molecule has 6 nitrogen and oxygen atoms in total. The van der Waals surface area contributed by atoms with E-state index in [0.717, 1.165) is 5.82 Å². The highest BCUT2D eigenvalue weighted by Gasteiger charge is 2.11. The molecule has 0 aliphatic rings. The lowest BCUT2D eigenvalue weighted by Crippen LogP contribution is -2.28. The Morgan fingerprint density at radius 1 is 1.38 bits per heavy atom. The number of ether oxygens (including phenoxy) is 1. The van der Waals surface area contributed by atoms with E-state index in [1.165, 1.54) is 0 Å². The number of carbonyl (C=O) groups excluding carboxylic acids is 1. The Morgan fingerprint density at radius 2 is 2.10 bits per heavy atom. The second-order valence-corrected chi connectivity index (χ2v) is 4.87. The molecule has 0 fully saturated rings. The maximum Gasteiger partial charge on any atom is 0.226 e. The number of benzene rings is 1. The molecule has 0 saturated heterocycles. The van der Waals surface area contributed by atoms with Crippen molar-refractivity contribution in [3.8, 4) is 5.75 Å². The van der Waals surface area contributed by atoms with E-state index in [9.17, 15) is 4.79 Å². The van der Waals surface area contributed by atoms with Gasteiger partial charge < -0.3 is 19.9 Å². The Labute approximate surface area is 124 Å². The third-order valence-electron chi connectivity index (χ3n) is 3.19. The molecule has 1 aromatic heterocycles. The van der Waals surface area contributed by atoms with Gasteiger partial charge in [-0.3, -0.25) is 4.79 Å². The molecular weight excluding hydrogens is 268 g/mol. The van der Waals surface area contributed by atoms with Crippen LogP contribution in [0.5, 0.6) is 5.75 Å². The first-order valence-corrected chi connectivity index (χ1v) is 6.75. The first-order chi connectivity index (χ1) is 10.1. The van der Waals surface area contributed by atoms with Crippen LogP contribution in [0.3, 0.4) is 0 Å². The van der Waals surface area contributed by atoms with Crippen molar-refractivity contribution in [2.75, 3.05) is 19.4 Å². The summed E-state index contributed by atoms with van der Waals surface area (Å²) in [4.78, 5) is 17.9. The SMILES string of the molecule is CN(Cc1nccn1C)C(=O)CCOc1ccc(N)cc1. The lowest BCUT2D eigenvalue weighted by molar-refractivity contribution is -0.131. The number of anilines is 1. The molecule has 21 heavy (non-hydrogen) atoms. The molecule has 2 aromatic rings. The van der Waals surface area contributed by atoms with Crippen LogP contribution in [0, 0.1) is 0 Å². The van der Waals surface area contributed by atoms with Gasteiger partial charge in [0.2, 0.25) is 5.91 Å². The van der Waals surface area contributed by atoms with Crippen molar-refractivity contribution in [3.63, 3.8) is 0 Å². The van der Waals surface area contributed by atoms with Crippen LogP contribution in [0.25, 0.3) is 0 Å². The molecule has 0 bridgehead atoms. The summed E-state index contributed by atoms with van der Waals surface area (Å²) >= 11 is 0. The number of nitrogens with two attached hydrogens (primary N) is 1. The smallest absolute Gasteiger partial charge is 0.226 e. The van der Waals surface area contributed by atoms with Gasteiger partial charge in [0.05, 0.1) is 19.6 Å². The van der Waals surface area contributed by atoms with Crippen LogP contribution >= 0.6 is 0 Å². The molecule has 0 atom stereocenters. The van der Waals surface area contributed by atoms with Gasteiger partial charge in [-0.15, -0.1) is 0 Å². The molecule has 0 aliphatic heterocycles.